The molecule has 2 aromatic carbocycles. The third kappa shape index (κ3) is 4.34. The highest BCUT2D eigenvalue weighted by molar-refractivity contribution is 7.16. The lowest BCUT2D eigenvalue weighted by atomic mass is 10.1. The van der Waals surface area contributed by atoms with Crippen molar-refractivity contribution in [3.05, 3.63) is 86.2 Å². The van der Waals surface area contributed by atoms with Crippen molar-refractivity contribution in [1.29, 1.82) is 0 Å². The van der Waals surface area contributed by atoms with Crippen molar-refractivity contribution in [2.75, 3.05) is 10.6 Å². The Hall–Kier alpha value is -3.23. The fourth-order valence-corrected chi connectivity index (χ4v) is 3.87. The van der Waals surface area contributed by atoms with Crippen LogP contribution in [0.5, 0.6) is 0 Å². The van der Waals surface area contributed by atoms with Gasteiger partial charge < -0.3 is 10.6 Å². The number of para-hydroxylation sites is 1. The van der Waals surface area contributed by atoms with E-state index < -0.39 is 0 Å². The molecule has 2 heterocycles. The number of fused-ring (bicyclic) bond motifs is 1. The summed E-state index contributed by atoms with van der Waals surface area (Å²) in [5.74, 6) is -0.251. The van der Waals surface area contributed by atoms with Crippen molar-refractivity contribution in [3.63, 3.8) is 0 Å². The maximum Gasteiger partial charge on any atom is 0.275 e. The topological polar surface area (TPSA) is 88.4 Å². The normalized spacial score (nSPS) is 10.9. The summed E-state index contributed by atoms with van der Waals surface area (Å²) < 4.78 is 1.32. The molecule has 2 aromatic heterocycles. The minimum absolute atomic E-state index is 0.221. The number of benzene rings is 2. The number of amides is 1. The Morgan fingerprint density at radius 1 is 1.17 bits per heavy atom. The van der Waals surface area contributed by atoms with E-state index in [-0.39, 0.29) is 11.5 Å². The van der Waals surface area contributed by atoms with E-state index in [0.29, 0.717) is 39.2 Å². The van der Waals surface area contributed by atoms with Gasteiger partial charge in [0.25, 0.3) is 11.5 Å². The number of aromatic nitrogens is 3. The molecule has 0 unspecified atom stereocenters. The molecule has 0 saturated heterocycles. The van der Waals surface area contributed by atoms with Crippen LogP contribution in [0, 0.1) is 0 Å². The monoisotopic (exact) mass is 439 g/mol. The number of anilines is 2. The smallest absolute Gasteiger partial charge is 0.275 e. The standard InChI is InChI=1S/C21H18ClN5O2S/c1-2-18-26-27-19(28)11-15(25-21(27)30-18)12-23-17-6-4-3-5-16(17)20(29)24-14-9-7-13(22)8-10-14/h3-11,23H,2,12H2,1H3,(H,24,29). The van der Waals surface area contributed by atoms with Crippen LogP contribution in [0.15, 0.2) is 59.4 Å². The van der Waals surface area contributed by atoms with Gasteiger partial charge in [-0.3, -0.25) is 9.59 Å². The second-order valence-electron chi connectivity index (χ2n) is 6.49. The minimum Gasteiger partial charge on any atom is -0.379 e. The average Bonchev–Trinajstić information content (AvgIpc) is 3.18. The van der Waals surface area contributed by atoms with Crippen LogP contribution in [0.3, 0.4) is 0 Å². The quantitative estimate of drug-likeness (QED) is 0.469. The van der Waals surface area contributed by atoms with Gasteiger partial charge in [0.05, 0.1) is 17.8 Å². The number of aryl methyl sites for hydroxylation is 1. The summed E-state index contributed by atoms with van der Waals surface area (Å²) in [6.07, 6.45) is 0.747. The molecule has 0 aliphatic carbocycles. The van der Waals surface area contributed by atoms with Gasteiger partial charge in [0, 0.05) is 22.5 Å². The van der Waals surface area contributed by atoms with Crippen LogP contribution in [0.4, 0.5) is 11.4 Å². The Labute approximate surface area is 181 Å². The number of nitrogens with zero attached hydrogens (tertiary/aromatic N) is 3. The molecular formula is C21H18ClN5O2S. The largest absolute Gasteiger partial charge is 0.379 e. The fourth-order valence-electron chi connectivity index (χ4n) is 2.88. The summed E-state index contributed by atoms with van der Waals surface area (Å²) in [6.45, 7) is 2.29. The zero-order valence-corrected chi connectivity index (χ0v) is 17.6. The van der Waals surface area contributed by atoms with Gasteiger partial charge >= 0.3 is 0 Å². The van der Waals surface area contributed by atoms with E-state index in [0.717, 1.165) is 11.4 Å². The van der Waals surface area contributed by atoms with E-state index in [1.165, 1.54) is 21.9 Å². The van der Waals surface area contributed by atoms with Crippen LogP contribution in [0.25, 0.3) is 4.96 Å². The number of hydrogen-bond donors (Lipinski definition) is 2. The van der Waals surface area contributed by atoms with Crippen molar-refractivity contribution in [2.24, 2.45) is 0 Å². The zero-order valence-electron chi connectivity index (χ0n) is 16.1. The highest BCUT2D eigenvalue weighted by atomic mass is 35.5. The molecule has 30 heavy (non-hydrogen) atoms. The van der Waals surface area contributed by atoms with Crippen molar-refractivity contribution >= 4 is 45.2 Å². The molecule has 2 N–H and O–H groups in total. The van der Waals surface area contributed by atoms with Gasteiger partial charge in [-0.25, -0.2) is 4.98 Å². The SMILES string of the molecule is CCc1nn2c(=O)cc(CNc3ccccc3C(=O)Nc3ccc(Cl)cc3)nc2s1. The molecule has 0 atom stereocenters. The second-order valence-corrected chi connectivity index (χ2v) is 7.97. The molecular weight excluding hydrogens is 422 g/mol. The third-order valence-electron chi connectivity index (χ3n) is 4.38. The van der Waals surface area contributed by atoms with Crippen LogP contribution < -0.4 is 16.2 Å². The highest BCUT2D eigenvalue weighted by Crippen LogP contribution is 2.20. The van der Waals surface area contributed by atoms with Gasteiger partial charge in [-0.15, -0.1) is 0 Å². The number of carbonyl (C=O) groups is 1. The minimum atomic E-state index is -0.251. The van der Waals surface area contributed by atoms with Gasteiger partial charge in [0.2, 0.25) is 4.96 Å². The van der Waals surface area contributed by atoms with Gasteiger partial charge in [-0.05, 0) is 42.8 Å². The molecule has 0 aliphatic heterocycles. The van der Waals surface area contributed by atoms with E-state index in [1.807, 2.05) is 19.1 Å². The van der Waals surface area contributed by atoms with Gasteiger partial charge in [0.1, 0.15) is 5.01 Å². The second kappa shape index (κ2) is 8.64. The van der Waals surface area contributed by atoms with E-state index in [4.69, 9.17) is 11.6 Å². The number of hydrogen-bond acceptors (Lipinski definition) is 6. The zero-order chi connectivity index (χ0) is 21.1. The van der Waals surface area contributed by atoms with Crippen molar-refractivity contribution in [2.45, 2.75) is 19.9 Å². The van der Waals surface area contributed by atoms with E-state index in [1.54, 1.807) is 36.4 Å². The first-order valence-corrected chi connectivity index (χ1v) is 10.5. The Balaban J connectivity index is 1.53. The van der Waals surface area contributed by atoms with E-state index >= 15 is 0 Å². The molecule has 0 spiro atoms. The highest BCUT2D eigenvalue weighted by Gasteiger charge is 2.13. The molecule has 4 aromatic rings. The molecule has 4 rings (SSSR count). The molecule has 7 nitrogen and oxygen atoms in total. The summed E-state index contributed by atoms with van der Waals surface area (Å²) in [6, 6.07) is 15.5. The Bertz CT molecular complexity index is 1270. The maximum absolute atomic E-state index is 12.7. The van der Waals surface area contributed by atoms with Crippen LogP contribution >= 0.6 is 22.9 Å². The Morgan fingerprint density at radius 3 is 2.70 bits per heavy atom. The molecule has 0 radical (unpaired) electrons. The van der Waals surface area contributed by atoms with Gasteiger partial charge in [-0.1, -0.05) is 42.0 Å². The average molecular weight is 440 g/mol. The van der Waals surface area contributed by atoms with Crippen LogP contribution in [0.2, 0.25) is 5.02 Å². The summed E-state index contributed by atoms with van der Waals surface area (Å²) in [5.41, 5.74) is 2.14. The Morgan fingerprint density at radius 2 is 1.93 bits per heavy atom. The first-order chi connectivity index (χ1) is 14.5. The summed E-state index contributed by atoms with van der Waals surface area (Å²) in [7, 11) is 0. The van der Waals surface area contributed by atoms with Crippen molar-refractivity contribution in [3.8, 4) is 0 Å². The van der Waals surface area contributed by atoms with Gasteiger partial charge in [0.15, 0.2) is 0 Å². The van der Waals surface area contributed by atoms with Crippen LogP contribution in [-0.2, 0) is 13.0 Å². The summed E-state index contributed by atoms with van der Waals surface area (Å²) >= 11 is 7.29. The first kappa shape index (κ1) is 20.1. The number of rotatable bonds is 6. The predicted molar refractivity (Wildman–Crippen MR) is 120 cm³/mol. The summed E-state index contributed by atoms with van der Waals surface area (Å²) in [4.78, 5) is 30.1. The summed E-state index contributed by atoms with van der Waals surface area (Å²) in [5, 5.41) is 11.8. The lowest BCUT2D eigenvalue weighted by Crippen LogP contribution is -2.18. The molecule has 9 heteroatoms. The first-order valence-electron chi connectivity index (χ1n) is 9.32. The number of nitrogens with one attached hydrogen (secondary N) is 2. The fraction of sp³-hybridized carbons (Fsp3) is 0.143. The number of carbonyl (C=O) groups excluding carboxylic acids is 1. The molecule has 0 aliphatic rings. The van der Waals surface area contributed by atoms with Crippen LogP contribution in [0.1, 0.15) is 28.0 Å². The van der Waals surface area contributed by atoms with Crippen LogP contribution in [-0.4, -0.2) is 20.5 Å². The predicted octanol–water partition coefficient (Wildman–Crippen LogP) is 4.23. The van der Waals surface area contributed by atoms with Crippen molar-refractivity contribution < 1.29 is 4.79 Å². The molecule has 0 bridgehead atoms. The third-order valence-corrected chi connectivity index (χ3v) is 5.68. The van der Waals surface area contributed by atoms with Crippen molar-refractivity contribution in [1.82, 2.24) is 14.6 Å². The van der Waals surface area contributed by atoms with Gasteiger partial charge in [-0.2, -0.15) is 9.61 Å². The lowest BCUT2D eigenvalue weighted by molar-refractivity contribution is 0.102. The maximum atomic E-state index is 12.7. The lowest BCUT2D eigenvalue weighted by Gasteiger charge is -2.12. The van der Waals surface area contributed by atoms with E-state index in [2.05, 4.69) is 20.7 Å². The molecule has 152 valence electrons. The van der Waals surface area contributed by atoms with E-state index in [9.17, 15) is 9.59 Å². The molecule has 1 amide bonds. The Kier molecular flexibility index (Phi) is 5.78. The number of halogens is 1. The molecule has 0 saturated carbocycles. The molecule has 0 fully saturated rings.